The van der Waals surface area contributed by atoms with Crippen molar-refractivity contribution in [3.8, 4) is 0 Å². The summed E-state index contributed by atoms with van der Waals surface area (Å²) in [4.78, 5) is 2.44. The van der Waals surface area contributed by atoms with Crippen LogP contribution in [0.25, 0.3) is 0 Å². The van der Waals surface area contributed by atoms with Gasteiger partial charge in [-0.15, -0.1) is 0 Å². The predicted octanol–water partition coefficient (Wildman–Crippen LogP) is 0.683. The Hall–Kier alpha value is -1.31. The Bertz CT molecular complexity index is 574. The Labute approximate surface area is 120 Å². The zero-order valence-corrected chi connectivity index (χ0v) is 12.7. The normalized spacial score (nSPS) is 20.8. The number of hydrogen-bond acceptors (Lipinski definition) is 5. The fraction of sp³-hybridized carbons (Fsp3) is 0.538. The molecule has 1 heterocycles. The van der Waals surface area contributed by atoms with E-state index < -0.39 is 10.0 Å². The van der Waals surface area contributed by atoms with Crippen LogP contribution in [0.3, 0.4) is 0 Å². The number of anilines is 2. The first-order valence-corrected chi connectivity index (χ1v) is 8.19. The average Bonchev–Trinajstić information content (AvgIpc) is 2.41. The lowest BCUT2D eigenvalue weighted by atomic mass is 10.1. The highest BCUT2D eigenvalue weighted by atomic mass is 32.2. The summed E-state index contributed by atoms with van der Waals surface area (Å²) in [6, 6.07) is 5.18. The van der Waals surface area contributed by atoms with Gasteiger partial charge in [-0.05, 0) is 51.7 Å². The molecule has 1 aromatic carbocycles. The van der Waals surface area contributed by atoms with Crippen LogP contribution in [0, 0.1) is 0 Å². The molecule has 1 atom stereocenters. The highest BCUT2D eigenvalue weighted by Crippen LogP contribution is 2.25. The third-order valence-corrected chi connectivity index (χ3v) is 5.00. The first kappa shape index (κ1) is 15.1. The summed E-state index contributed by atoms with van der Waals surface area (Å²) in [7, 11) is -0.0507. The lowest BCUT2D eigenvalue weighted by molar-refractivity contribution is 0.261. The van der Waals surface area contributed by atoms with Crippen LogP contribution in [-0.4, -0.2) is 46.5 Å². The first-order chi connectivity index (χ1) is 9.42. The molecule has 0 bridgehead atoms. The molecule has 0 saturated carbocycles. The maximum absolute atomic E-state index is 12.1. The maximum atomic E-state index is 12.1. The summed E-state index contributed by atoms with van der Waals surface area (Å²) in [6.07, 6.45) is 2.14. The summed E-state index contributed by atoms with van der Waals surface area (Å²) in [6.45, 7) is 1.99. The number of rotatable bonds is 4. The molecule has 2 rings (SSSR count). The van der Waals surface area contributed by atoms with Crippen molar-refractivity contribution < 1.29 is 8.42 Å². The second-order valence-corrected chi connectivity index (χ2v) is 7.06. The number of sulfonamides is 1. The van der Waals surface area contributed by atoms with E-state index in [2.05, 4.69) is 22.0 Å². The SMILES string of the molecule is CNS(=O)(=O)c1cc(N)ccc1NC1CCCN(C)C1. The van der Waals surface area contributed by atoms with Gasteiger partial charge in [-0.3, -0.25) is 0 Å². The predicted molar refractivity (Wildman–Crippen MR) is 81.2 cm³/mol. The van der Waals surface area contributed by atoms with E-state index in [1.165, 1.54) is 13.1 Å². The van der Waals surface area contributed by atoms with Gasteiger partial charge in [-0.1, -0.05) is 0 Å². The number of nitrogens with one attached hydrogen (secondary N) is 2. The molecule has 0 aromatic heterocycles. The molecule has 7 heteroatoms. The minimum atomic E-state index is -3.52. The Morgan fingerprint density at radius 1 is 1.40 bits per heavy atom. The van der Waals surface area contributed by atoms with E-state index in [4.69, 9.17) is 5.73 Å². The van der Waals surface area contributed by atoms with Crippen molar-refractivity contribution in [2.75, 3.05) is 38.2 Å². The summed E-state index contributed by atoms with van der Waals surface area (Å²) < 4.78 is 26.5. The van der Waals surface area contributed by atoms with Gasteiger partial charge in [0, 0.05) is 18.3 Å². The van der Waals surface area contributed by atoms with Crippen molar-refractivity contribution in [3.05, 3.63) is 18.2 Å². The summed E-state index contributed by atoms with van der Waals surface area (Å²) in [5, 5.41) is 3.33. The van der Waals surface area contributed by atoms with Gasteiger partial charge < -0.3 is 16.0 Å². The van der Waals surface area contributed by atoms with E-state index >= 15 is 0 Å². The third-order valence-electron chi connectivity index (χ3n) is 3.55. The monoisotopic (exact) mass is 298 g/mol. The van der Waals surface area contributed by atoms with E-state index in [0.717, 1.165) is 25.9 Å². The molecule has 1 fully saturated rings. The molecule has 1 aliphatic rings. The van der Waals surface area contributed by atoms with Gasteiger partial charge in [-0.2, -0.15) is 0 Å². The van der Waals surface area contributed by atoms with Gasteiger partial charge in [0.15, 0.2) is 0 Å². The number of likely N-dealkylation sites (tertiary alicyclic amines) is 1. The second kappa shape index (κ2) is 5.99. The van der Waals surface area contributed by atoms with Crippen LogP contribution in [0.1, 0.15) is 12.8 Å². The number of nitrogen functional groups attached to an aromatic ring is 1. The van der Waals surface area contributed by atoms with Gasteiger partial charge in [0.25, 0.3) is 0 Å². The van der Waals surface area contributed by atoms with Crippen LogP contribution in [0.4, 0.5) is 11.4 Å². The number of nitrogens with two attached hydrogens (primary N) is 1. The zero-order chi connectivity index (χ0) is 14.8. The smallest absolute Gasteiger partial charge is 0.242 e. The summed E-state index contributed by atoms with van der Waals surface area (Å²) in [5.74, 6) is 0. The molecule has 1 aliphatic heterocycles. The topological polar surface area (TPSA) is 87.5 Å². The maximum Gasteiger partial charge on any atom is 0.242 e. The minimum absolute atomic E-state index is 0.202. The molecule has 4 N–H and O–H groups in total. The van der Waals surface area contributed by atoms with E-state index in [0.29, 0.717) is 11.4 Å². The lowest BCUT2D eigenvalue weighted by Gasteiger charge is -2.31. The number of nitrogens with zero attached hydrogens (tertiary/aromatic N) is 1. The van der Waals surface area contributed by atoms with Gasteiger partial charge in [0.1, 0.15) is 4.90 Å². The van der Waals surface area contributed by atoms with Crippen LogP contribution in [0.2, 0.25) is 0 Å². The van der Waals surface area contributed by atoms with Crippen molar-refractivity contribution in [2.24, 2.45) is 0 Å². The molecular weight excluding hydrogens is 276 g/mol. The molecule has 20 heavy (non-hydrogen) atoms. The van der Waals surface area contributed by atoms with Crippen LogP contribution < -0.4 is 15.8 Å². The van der Waals surface area contributed by atoms with Crippen molar-refractivity contribution in [1.82, 2.24) is 9.62 Å². The highest BCUT2D eigenvalue weighted by molar-refractivity contribution is 7.89. The van der Waals surface area contributed by atoms with Crippen molar-refractivity contribution in [1.29, 1.82) is 0 Å². The van der Waals surface area contributed by atoms with Gasteiger partial charge in [0.2, 0.25) is 10.0 Å². The van der Waals surface area contributed by atoms with Gasteiger partial charge >= 0.3 is 0 Å². The molecule has 1 aromatic rings. The fourth-order valence-corrected chi connectivity index (χ4v) is 3.42. The average molecular weight is 298 g/mol. The fourth-order valence-electron chi connectivity index (χ4n) is 2.49. The first-order valence-electron chi connectivity index (χ1n) is 6.70. The van der Waals surface area contributed by atoms with Crippen molar-refractivity contribution in [3.63, 3.8) is 0 Å². The molecule has 0 spiro atoms. The third kappa shape index (κ3) is 3.41. The number of likely N-dealkylation sites (N-methyl/N-ethyl adjacent to an activating group) is 1. The van der Waals surface area contributed by atoms with Gasteiger partial charge in [0.05, 0.1) is 5.69 Å². The van der Waals surface area contributed by atoms with Gasteiger partial charge in [-0.25, -0.2) is 13.1 Å². The molecule has 0 aliphatic carbocycles. The van der Waals surface area contributed by atoms with Crippen molar-refractivity contribution in [2.45, 2.75) is 23.8 Å². The van der Waals surface area contributed by atoms with Crippen LogP contribution in [0.15, 0.2) is 23.1 Å². The molecule has 1 unspecified atom stereocenters. The molecule has 1 saturated heterocycles. The Morgan fingerprint density at radius 2 is 2.15 bits per heavy atom. The Morgan fingerprint density at radius 3 is 2.80 bits per heavy atom. The quantitative estimate of drug-likeness (QED) is 0.712. The van der Waals surface area contributed by atoms with E-state index in [1.54, 1.807) is 12.1 Å². The number of piperidine rings is 1. The highest BCUT2D eigenvalue weighted by Gasteiger charge is 2.21. The van der Waals surface area contributed by atoms with Crippen LogP contribution >= 0.6 is 0 Å². The molecular formula is C13H22N4O2S. The van der Waals surface area contributed by atoms with E-state index in [1.807, 2.05) is 0 Å². The lowest BCUT2D eigenvalue weighted by Crippen LogP contribution is -2.40. The largest absolute Gasteiger partial charge is 0.399 e. The Kier molecular flexibility index (Phi) is 4.52. The molecule has 6 nitrogen and oxygen atoms in total. The van der Waals surface area contributed by atoms with Crippen LogP contribution in [0.5, 0.6) is 0 Å². The number of hydrogen-bond donors (Lipinski definition) is 3. The Balaban J connectivity index is 2.27. The van der Waals surface area contributed by atoms with E-state index in [-0.39, 0.29) is 10.9 Å². The van der Waals surface area contributed by atoms with Crippen molar-refractivity contribution >= 4 is 21.4 Å². The minimum Gasteiger partial charge on any atom is -0.399 e. The standard InChI is InChI=1S/C13H22N4O2S/c1-15-20(18,19)13-8-10(14)5-6-12(13)16-11-4-3-7-17(2)9-11/h5-6,8,11,15-16H,3-4,7,9,14H2,1-2H3. The van der Waals surface area contributed by atoms with E-state index in [9.17, 15) is 8.42 Å². The molecule has 0 amide bonds. The summed E-state index contributed by atoms with van der Waals surface area (Å²) in [5.41, 5.74) is 6.75. The summed E-state index contributed by atoms with van der Waals surface area (Å²) >= 11 is 0. The molecule has 0 radical (unpaired) electrons. The number of benzene rings is 1. The molecule has 112 valence electrons. The van der Waals surface area contributed by atoms with Crippen LogP contribution in [-0.2, 0) is 10.0 Å². The second-order valence-electron chi connectivity index (χ2n) is 5.21. The zero-order valence-electron chi connectivity index (χ0n) is 11.9.